The van der Waals surface area contributed by atoms with Crippen molar-refractivity contribution in [1.29, 1.82) is 0 Å². The highest BCUT2D eigenvalue weighted by Crippen LogP contribution is 2.09. The summed E-state index contributed by atoms with van der Waals surface area (Å²) in [6, 6.07) is 11.8. The predicted octanol–water partition coefficient (Wildman–Crippen LogP) is 2.44. The van der Waals surface area contributed by atoms with Crippen LogP contribution in [0.15, 0.2) is 36.4 Å². The monoisotopic (exact) mass is 228 g/mol. The van der Waals surface area contributed by atoms with Crippen molar-refractivity contribution >= 4 is 11.6 Å². The fraction of sp³-hybridized carbons (Fsp3) is 0.231. The third kappa shape index (κ3) is 3.17. The van der Waals surface area contributed by atoms with E-state index < -0.39 is 0 Å². The molecule has 2 N–H and O–H groups in total. The van der Waals surface area contributed by atoms with Crippen molar-refractivity contribution in [2.24, 2.45) is 0 Å². The molecule has 4 heteroatoms. The number of hydrogen-bond donors (Lipinski definition) is 2. The Morgan fingerprint density at radius 2 is 1.76 bits per heavy atom. The minimum atomic E-state index is 0.682. The molecular weight excluding hydrogens is 212 g/mol. The number of rotatable bonds is 4. The first-order valence-electron chi connectivity index (χ1n) is 5.59. The Labute approximate surface area is 101 Å². The number of nitrogens with zero attached hydrogens (tertiary/aromatic N) is 2. The average Bonchev–Trinajstić information content (AvgIpc) is 2.37. The molecule has 0 atom stereocenters. The van der Waals surface area contributed by atoms with E-state index in [-0.39, 0.29) is 0 Å². The standard InChI is InChI=1S/C13H16N4/c1-10-5-3-6-11(16-10)9-15-13-8-4-7-12(14-2)17-13/h3-8H,9H2,1-2H3,(H2,14,15,17). The maximum absolute atomic E-state index is 4.42. The molecule has 0 radical (unpaired) electrons. The van der Waals surface area contributed by atoms with E-state index in [0.717, 1.165) is 23.0 Å². The van der Waals surface area contributed by atoms with Crippen LogP contribution in [0.25, 0.3) is 0 Å². The molecule has 4 nitrogen and oxygen atoms in total. The van der Waals surface area contributed by atoms with E-state index in [4.69, 9.17) is 0 Å². The predicted molar refractivity (Wildman–Crippen MR) is 70.1 cm³/mol. The summed E-state index contributed by atoms with van der Waals surface area (Å²) in [6.07, 6.45) is 0. The summed E-state index contributed by atoms with van der Waals surface area (Å²) in [4.78, 5) is 8.80. The zero-order valence-electron chi connectivity index (χ0n) is 10.1. The summed E-state index contributed by atoms with van der Waals surface area (Å²) < 4.78 is 0. The van der Waals surface area contributed by atoms with E-state index in [1.807, 2.05) is 50.4 Å². The van der Waals surface area contributed by atoms with Gasteiger partial charge in [0.2, 0.25) is 0 Å². The van der Waals surface area contributed by atoms with Crippen molar-refractivity contribution in [2.45, 2.75) is 13.5 Å². The van der Waals surface area contributed by atoms with Crippen LogP contribution in [0.1, 0.15) is 11.4 Å². The van der Waals surface area contributed by atoms with Crippen LogP contribution in [0.3, 0.4) is 0 Å². The summed E-state index contributed by atoms with van der Waals surface area (Å²) >= 11 is 0. The molecule has 2 aromatic rings. The molecule has 2 rings (SSSR count). The average molecular weight is 228 g/mol. The van der Waals surface area contributed by atoms with Gasteiger partial charge in [-0.15, -0.1) is 0 Å². The lowest BCUT2D eigenvalue weighted by Crippen LogP contribution is -2.04. The second-order valence-corrected chi connectivity index (χ2v) is 3.78. The smallest absolute Gasteiger partial charge is 0.128 e. The lowest BCUT2D eigenvalue weighted by molar-refractivity contribution is 1.00. The van der Waals surface area contributed by atoms with Gasteiger partial charge in [0.05, 0.1) is 12.2 Å². The van der Waals surface area contributed by atoms with Crippen LogP contribution in [0.5, 0.6) is 0 Å². The van der Waals surface area contributed by atoms with E-state index >= 15 is 0 Å². The molecule has 0 unspecified atom stereocenters. The Morgan fingerprint density at radius 3 is 2.53 bits per heavy atom. The van der Waals surface area contributed by atoms with Crippen LogP contribution in [-0.4, -0.2) is 17.0 Å². The van der Waals surface area contributed by atoms with Gasteiger partial charge < -0.3 is 10.6 Å². The normalized spacial score (nSPS) is 10.0. The van der Waals surface area contributed by atoms with Crippen molar-refractivity contribution in [2.75, 3.05) is 17.7 Å². The van der Waals surface area contributed by atoms with Crippen LogP contribution >= 0.6 is 0 Å². The molecule has 0 saturated heterocycles. The largest absolute Gasteiger partial charge is 0.373 e. The second-order valence-electron chi connectivity index (χ2n) is 3.78. The molecule has 0 amide bonds. The van der Waals surface area contributed by atoms with Crippen LogP contribution < -0.4 is 10.6 Å². The maximum atomic E-state index is 4.42. The van der Waals surface area contributed by atoms with E-state index in [1.165, 1.54) is 0 Å². The van der Waals surface area contributed by atoms with Gasteiger partial charge in [0.25, 0.3) is 0 Å². The van der Waals surface area contributed by atoms with Crippen LogP contribution in [0.4, 0.5) is 11.6 Å². The Morgan fingerprint density at radius 1 is 1.00 bits per heavy atom. The zero-order chi connectivity index (χ0) is 12.1. The van der Waals surface area contributed by atoms with E-state index in [9.17, 15) is 0 Å². The maximum Gasteiger partial charge on any atom is 0.128 e. The number of anilines is 2. The molecule has 0 aliphatic carbocycles. The first-order valence-corrected chi connectivity index (χ1v) is 5.59. The first-order chi connectivity index (χ1) is 8.28. The SMILES string of the molecule is CNc1cccc(NCc2cccc(C)n2)n1. The van der Waals surface area contributed by atoms with Crippen LogP contribution in [-0.2, 0) is 6.54 Å². The van der Waals surface area contributed by atoms with Gasteiger partial charge in [0, 0.05) is 12.7 Å². The first kappa shape index (κ1) is 11.4. The molecule has 0 spiro atoms. The molecule has 0 bridgehead atoms. The van der Waals surface area contributed by atoms with E-state index in [1.54, 1.807) is 0 Å². The molecule has 0 aliphatic heterocycles. The van der Waals surface area contributed by atoms with Gasteiger partial charge in [-0.25, -0.2) is 4.98 Å². The molecule has 0 aliphatic rings. The van der Waals surface area contributed by atoms with Crippen molar-refractivity contribution < 1.29 is 0 Å². The van der Waals surface area contributed by atoms with Gasteiger partial charge in [-0.3, -0.25) is 4.98 Å². The van der Waals surface area contributed by atoms with Gasteiger partial charge in [-0.05, 0) is 31.2 Å². The highest BCUT2D eigenvalue weighted by atomic mass is 15.1. The number of nitrogens with one attached hydrogen (secondary N) is 2. The lowest BCUT2D eigenvalue weighted by atomic mass is 10.3. The molecule has 0 saturated carbocycles. The minimum Gasteiger partial charge on any atom is -0.373 e. The van der Waals surface area contributed by atoms with Crippen molar-refractivity contribution in [3.05, 3.63) is 47.8 Å². The van der Waals surface area contributed by atoms with Gasteiger partial charge >= 0.3 is 0 Å². The third-order valence-corrected chi connectivity index (χ3v) is 2.40. The summed E-state index contributed by atoms with van der Waals surface area (Å²) in [5, 5.41) is 6.26. The summed E-state index contributed by atoms with van der Waals surface area (Å²) in [6.45, 7) is 2.67. The molecule has 17 heavy (non-hydrogen) atoms. The molecular formula is C13H16N4. The van der Waals surface area contributed by atoms with Crippen molar-refractivity contribution in [1.82, 2.24) is 9.97 Å². The highest BCUT2D eigenvalue weighted by molar-refractivity contribution is 5.44. The Kier molecular flexibility index (Phi) is 3.55. The van der Waals surface area contributed by atoms with E-state index in [2.05, 4.69) is 20.6 Å². The molecule has 88 valence electrons. The molecule has 0 fully saturated rings. The topological polar surface area (TPSA) is 49.8 Å². The molecule has 0 aromatic carbocycles. The summed E-state index contributed by atoms with van der Waals surface area (Å²) in [5.74, 6) is 1.70. The number of aryl methyl sites for hydroxylation is 1. The third-order valence-electron chi connectivity index (χ3n) is 2.40. The minimum absolute atomic E-state index is 0.682. The lowest BCUT2D eigenvalue weighted by Gasteiger charge is -2.07. The molecule has 2 heterocycles. The highest BCUT2D eigenvalue weighted by Gasteiger charge is 1.97. The second kappa shape index (κ2) is 5.30. The summed E-state index contributed by atoms with van der Waals surface area (Å²) in [5.41, 5.74) is 2.04. The fourth-order valence-corrected chi connectivity index (χ4v) is 1.55. The van der Waals surface area contributed by atoms with Gasteiger partial charge in [0.15, 0.2) is 0 Å². The van der Waals surface area contributed by atoms with Crippen molar-refractivity contribution in [3.63, 3.8) is 0 Å². The van der Waals surface area contributed by atoms with E-state index in [0.29, 0.717) is 6.54 Å². The zero-order valence-corrected chi connectivity index (χ0v) is 10.1. The number of pyridine rings is 2. The number of aromatic nitrogens is 2. The fourth-order valence-electron chi connectivity index (χ4n) is 1.55. The van der Waals surface area contributed by atoms with Crippen LogP contribution in [0.2, 0.25) is 0 Å². The number of hydrogen-bond acceptors (Lipinski definition) is 4. The summed E-state index contributed by atoms with van der Waals surface area (Å²) in [7, 11) is 1.86. The quantitative estimate of drug-likeness (QED) is 0.844. The van der Waals surface area contributed by atoms with Crippen molar-refractivity contribution in [3.8, 4) is 0 Å². The van der Waals surface area contributed by atoms with Crippen LogP contribution in [0, 0.1) is 6.92 Å². The Bertz CT molecular complexity index is 496. The van der Waals surface area contributed by atoms with Gasteiger partial charge in [-0.2, -0.15) is 0 Å². The Hall–Kier alpha value is -2.10. The van der Waals surface area contributed by atoms with Gasteiger partial charge in [0.1, 0.15) is 11.6 Å². The Balaban J connectivity index is 2.02. The van der Waals surface area contributed by atoms with Gasteiger partial charge in [-0.1, -0.05) is 12.1 Å². The molecule has 2 aromatic heterocycles.